The van der Waals surface area contributed by atoms with Gasteiger partial charge in [-0.3, -0.25) is 4.79 Å². The molecule has 0 spiro atoms. The van der Waals surface area contributed by atoms with E-state index in [1.807, 2.05) is 7.05 Å². The lowest BCUT2D eigenvalue weighted by molar-refractivity contribution is -0.145. The molecule has 1 N–H and O–H groups in total. The van der Waals surface area contributed by atoms with Crippen LogP contribution in [0.3, 0.4) is 0 Å². The zero-order valence-corrected chi connectivity index (χ0v) is 33.4. The van der Waals surface area contributed by atoms with E-state index in [1.165, 1.54) is 70.6 Å². The van der Waals surface area contributed by atoms with Crippen LogP contribution in [0.2, 0.25) is 0 Å². The van der Waals surface area contributed by atoms with Crippen molar-refractivity contribution >= 4 is 5.97 Å². The number of carbonyl (C=O) groups excluding carboxylic acids is 1. The Hall–Kier alpha value is -0.970. The molecule has 0 heterocycles. The van der Waals surface area contributed by atoms with E-state index in [0.717, 1.165) is 19.4 Å². The summed E-state index contributed by atoms with van der Waals surface area (Å²) in [6.07, 6.45) is 17.3. The molecule has 312 valence electrons. The molecular formula is C39H79NO12. The van der Waals surface area contributed by atoms with Crippen LogP contribution < -0.4 is 5.32 Å². The second kappa shape index (κ2) is 48.0. The van der Waals surface area contributed by atoms with Gasteiger partial charge in [0.2, 0.25) is 0 Å². The van der Waals surface area contributed by atoms with E-state index in [0.29, 0.717) is 145 Å². The van der Waals surface area contributed by atoms with Gasteiger partial charge < -0.3 is 57.4 Å². The minimum Gasteiger partial charge on any atom is -0.463 e. The van der Waals surface area contributed by atoms with Crippen molar-refractivity contribution in [3.05, 3.63) is 0 Å². The Bertz CT molecular complexity index is 665. The summed E-state index contributed by atoms with van der Waals surface area (Å²) in [5, 5.41) is 3.02. The fourth-order valence-electron chi connectivity index (χ4n) is 4.83. The third kappa shape index (κ3) is 47.1. The summed E-state index contributed by atoms with van der Waals surface area (Å²) < 4.78 is 59.9. The van der Waals surface area contributed by atoms with Crippen LogP contribution in [0, 0.1) is 0 Å². The standard InChI is InChI=1S/C39H79NO12/c1-3-4-5-6-7-8-9-10-11-12-13-14-15-16-39(41)52-38-37-51-36-35-50-34-33-49-32-31-48-30-29-47-28-27-46-26-25-45-24-23-44-22-21-43-20-19-42-18-17-40-2/h40H,3-38H2,1-2H3. The lowest BCUT2D eigenvalue weighted by Gasteiger charge is -2.09. The average Bonchev–Trinajstić information content (AvgIpc) is 3.15. The van der Waals surface area contributed by atoms with Gasteiger partial charge in [-0.15, -0.1) is 0 Å². The lowest BCUT2D eigenvalue weighted by atomic mass is 10.0. The third-order valence-electron chi connectivity index (χ3n) is 7.82. The normalized spacial score (nSPS) is 11.5. The summed E-state index contributed by atoms with van der Waals surface area (Å²) in [6, 6.07) is 0. The third-order valence-corrected chi connectivity index (χ3v) is 7.82. The monoisotopic (exact) mass is 754 g/mol. The molecule has 13 nitrogen and oxygen atoms in total. The van der Waals surface area contributed by atoms with Gasteiger partial charge in [0.1, 0.15) is 6.61 Å². The van der Waals surface area contributed by atoms with Crippen LogP contribution in [0.25, 0.3) is 0 Å². The van der Waals surface area contributed by atoms with Crippen LogP contribution in [-0.4, -0.2) is 158 Å². The Morgan fingerprint density at radius 2 is 0.596 bits per heavy atom. The molecule has 0 radical (unpaired) electrons. The highest BCUT2D eigenvalue weighted by Gasteiger charge is 2.03. The minimum absolute atomic E-state index is 0.130. The number of unbranched alkanes of at least 4 members (excludes halogenated alkanes) is 12. The smallest absolute Gasteiger partial charge is 0.305 e. The first-order chi connectivity index (χ1) is 25.8. The van der Waals surface area contributed by atoms with E-state index in [-0.39, 0.29) is 5.97 Å². The maximum Gasteiger partial charge on any atom is 0.305 e. The molecule has 0 aliphatic rings. The summed E-state index contributed by atoms with van der Waals surface area (Å²) in [5.74, 6) is -0.130. The van der Waals surface area contributed by atoms with Gasteiger partial charge in [-0.05, 0) is 13.5 Å². The summed E-state index contributed by atoms with van der Waals surface area (Å²) in [5.41, 5.74) is 0. The lowest BCUT2D eigenvalue weighted by Crippen LogP contribution is -2.17. The van der Waals surface area contributed by atoms with Gasteiger partial charge >= 0.3 is 5.97 Å². The molecule has 0 aromatic heterocycles. The summed E-state index contributed by atoms with van der Waals surface area (Å²) in [7, 11) is 1.90. The maximum absolute atomic E-state index is 11.9. The highest BCUT2D eigenvalue weighted by molar-refractivity contribution is 5.69. The molecule has 0 aliphatic carbocycles. The number of hydrogen-bond donors (Lipinski definition) is 1. The maximum atomic E-state index is 11.9. The first-order valence-corrected chi connectivity index (χ1v) is 20.4. The van der Waals surface area contributed by atoms with E-state index in [1.54, 1.807) is 0 Å². The van der Waals surface area contributed by atoms with Crippen LogP contribution in [0.15, 0.2) is 0 Å². The quantitative estimate of drug-likeness (QED) is 0.0630. The Balaban J connectivity index is 3.12. The molecule has 0 saturated carbocycles. The predicted octanol–water partition coefficient (Wildman–Crippen LogP) is 5.40. The van der Waals surface area contributed by atoms with Crippen LogP contribution in [0.1, 0.15) is 96.8 Å². The summed E-state index contributed by atoms with van der Waals surface area (Å²) in [4.78, 5) is 11.9. The van der Waals surface area contributed by atoms with Crippen molar-refractivity contribution in [1.82, 2.24) is 5.32 Å². The highest BCUT2D eigenvalue weighted by Crippen LogP contribution is 2.13. The molecule has 52 heavy (non-hydrogen) atoms. The summed E-state index contributed by atoms with van der Waals surface area (Å²) in [6.45, 7) is 13.8. The van der Waals surface area contributed by atoms with E-state index in [2.05, 4.69) is 12.2 Å². The van der Waals surface area contributed by atoms with Gasteiger partial charge in [-0.25, -0.2) is 0 Å². The molecule has 0 unspecified atom stereocenters. The number of hydrogen-bond acceptors (Lipinski definition) is 13. The van der Waals surface area contributed by atoms with E-state index >= 15 is 0 Å². The van der Waals surface area contributed by atoms with Crippen LogP contribution >= 0.6 is 0 Å². The van der Waals surface area contributed by atoms with Crippen molar-refractivity contribution in [2.45, 2.75) is 96.8 Å². The van der Waals surface area contributed by atoms with Crippen molar-refractivity contribution < 1.29 is 56.9 Å². The number of likely N-dealkylation sites (N-methyl/N-ethyl adjacent to an activating group) is 1. The molecule has 0 amide bonds. The zero-order chi connectivity index (χ0) is 37.5. The molecule has 0 aliphatic heterocycles. The Morgan fingerprint density at radius 3 is 0.885 bits per heavy atom. The van der Waals surface area contributed by atoms with E-state index in [9.17, 15) is 4.79 Å². The van der Waals surface area contributed by atoms with Crippen molar-refractivity contribution in [1.29, 1.82) is 0 Å². The molecule has 0 saturated heterocycles. The minimum atomic E-state index is -0.130. The van der Waals surface area contributed by atoms with Gasteiger partial charge in [0.05, 0.1) is 132 Å². The van der Waals surface area contributed by atoms with Gasteiger partial charge in [0.25, 0.3) is 0 Å². The molecule has 0 fully saturated rings. The van der Waals surface area contributed by atoms with Gasteiger partial charge in [0, 0.05) is 13.0 Å². The number of ether oxygens (including phenoxy) is 11. The van der Waals surface area contributed by atoms with Crippen molar-refractivity contribution in [3.63, 3.8) is 0 Å². The number of carbonyl (C=O) groups is 1. The second-order valence-electron chi connectivity index (χ2n) is 12.4. The summed E-state index contributed by atoms with van der Waals surface area (Å²) >= 11 is 0. The number of rotatable bonds is 47. The SMILES string of the molecule is CCCCCCCCCCCCCCCC(=O)OCCOCCOCCOCCOCCOCCOCCOCCOCCOCCOCCNC. The molecular weight excluding hydrogens is 674 g/mol. The molecule has 0 aromatic rings. The second-order valence-corrected chi connectivity index (χ2v) is 12.4. The topological polar surface area (TPSA) is 131 Å². The van der Waals surface area contributed by atoms with Gasteiger partial charge in [-0.1, -0.05) is 84.0 Å². The zero-order valence-electron chi connectivity index (χ0n) is 33.4. The molecule has 0 rings (SSSR count). The van der Waals surface area contributed by atoms with Crippen molar-refractivity contribution in [2.24, 2.45) is 0 Å². The Kier molecular flexibility index (Phi) is 47.2. The Labute approximate surface area is 317 Å². The van der Waals surface area contributed by atoms with Crippen molar-refractivity contribution in [3.8, 4) is 0 Å². The fraction of sp³-hybridized carbons (Fsp3) is 0.974. The van der Waals surface area contributed by atoms with Crippen molar-refractivity contribution in [2.75, 3.05) is 152 Å². The van der Waals surface area contributed by atoms with Crippen LogP contribution in [0.4, 0.5) is 0 Å². The average molecular weight is 754 g/mol. The molecule has 0 bridgehead atoms. The number of esters is 1. The van der Waals surface area contributed by atoms with E-state index in [4.69, 9.17) is 52.1 Å². The van der Waals surface area contributed by atoms with Gasteiger partial charge in [0.15, 0.2) is 0 Å². The van der Waals surface area contributed by atoms with Gasteiger partial charge in [-0.2, -0.15) is 0 Å². The van der Waals surface area contributed by atoms with E-state index < -0.39 is 0 Å². The number of nitrogens with one attached hydrogen (secondary N) is 1. The first kappa shape index (κ1) is 51.0. The molecule has 0 atom stereocenters. The highest BCUT2D eigenvalue weighted by atomic mass is 16.6. The molecule has 0 aromatic carbocycles. The van der Waals surface area contributed by atoms with Crippen LogP contribution in [-0.2, 0) is 56.9 Å². The fourth-order valence-corrected chi connectivity index (χ4v) is 4.83. The first-order valence-electron chi connectivity index (χ1n) is 20.4. The largest absolute Gasteiger partial charge is 0.463 e. The van der Waals surface area contributed by atoms with Crippen LogP contribution in [0.5, 0.6) is 0 Å². The molecule has 13 heteroatoms. The predicted molar refractivity (Wildman–Crippen MR) is 203 cm³/mol. The Morgan fingerprint density at radius 1 is 0.346 bits per heavy atom.